The lowest BCUT2D eigenvalue weighted by atomic mass is 10.2. The number of rotatable bonds is 6. The van der Waals surface area contributed by atoms with E-state index in [0.717, 1.165) is 37.0 Å². The SMILES string of the molecule is CCNC(=NCCOc1ccc2c(c1)OCO2)N1CCC(NC(=O)OC(C)(C)C)C1.I. The van der Waals surface area contributed by atoms with Crippen molar-refractivity contribution >= 4 is 36.0 Å². The minimum atomic E-state index is -0.503. The van der Waals surface area contributed by atoms with Crippen molar-refractivity contribution in [3.8, 4) is 17.2 Å². The van der Waals surface area contributed by atoms with Crippen molar-refractivity contribution in [1.29, 1.82) is 0 Å². The quantitative estimate of drug-likeness (QED) is 0.245. The molecule has 0 aliphatic carbocycles. The monoisotopic (exact) mass is 548 g/mol. The number of alkyl carbamates (subject to hydrolysis) is 1. The first-order valence-corrected chi connectivity index (χ1v) is 10.4. The van der Waals surface area contributed by atoms with Crippen molar-refractivity contribution in [1.82, 2.24) is 15.5 Å². The Balaban J connectivity index is 0.00000341. The van der Waals surface area contributed by atoms with Gasteiger partial charge in [0.2, 0.25) is 6.79 Å². The summed E-state index contributed by atoms with van der Waals surface area (Å²) in [7, 11) is 0. The van der Waals surface area contributed by atoms with Gasteiger partial charge in [0.05, 0.1) is 12.6 Å². The number of carbonyl (C=O) groups excluding carboxylic acids is 1. The van der Waals surface area contributed by atoms with Crippen LogP contribution >= 0.6 is 24.0 Å². The van der Waals surface area contributed by atoms with Crippen LogP contribution in [0, 0.1) is 0 Å². The first-order valence-electron chi connectivity index (χ1n) is 10.4. The highest BCUT2D eigenvalue weighted by molar-refractivity contribution is 14.0. The van der Waals surface area contributed by atoms with Gasteiger partial charge < -0.3 is 34.5 Å². The van der Waals surface area contributed by atoms with Crippen LogP contribution in [0.3, 0.4) is 0 Å². The van der Waals surface area contributed by atoms with Gasteiger partial charge in [0.25, 0.3) is 0 Å². The number of guanidine groups is 1. The molecule has 0 spiro atoms. The van der Waals surface area contributed by atoms with Gasteiger partial charge in [-0.1, -0.05) is 0 Å². The van der Waals surface area contributed by atoms with E-state index in [9.17, 15) is 4.79 Å². The van der Waals surface area contributed by atoms with Crippen molar-refractivity contribution in [3.63, 3.8) is 0 Å². The topological polar surface area (TPSA) is 93.7 Å². The number of hydrogen-bond acceptors (Lipinski definition) is 6. The number of hydrogen-bond donors (Lipinski definition) is 2. The molecular weight excluding hydrogens is 515 g/mol. The maximum absolute atomic E-state index is 12.0. The van der Waals surface area contributed by atoms with Crippen molar-refractivity contribution in [2.75, 3.05) is 39.6 Å². The molecule has 2 N–H and O–H groups in total. The van der Waals surface area contributed by atoms with E-state index in [0.29, 0.717) is 25.4 Å². The smallest absolute Gasteiger partial charge is 0.407 e. The Bertz CT molecular complexity index is 769. The van der Waals surface area contributed by atoms with E-state index >= 15 is 0 Å². The van der Waals surface area contributed by atoms with E-state index in [1.54, 1.807) is 0 Å². The van der Waals surface area contributed by atoms with Crippen LogP contribution < -0.4 is 24.8 Å². The van der Waals surface area contributed by atoms with Gasteiger partial charge >= 0.3 is 6.09 Å². The zero-order valence-corrected chi connectivity index (χ0v) is 20.9. The Labute approximate surface area is 200 Å². The van der Waals surface area contributed by atoms with Gasteiger partial charge in [-0.2, -0.15) is 0 Å². The molecule has 1 amide bonds. The number of halogens is 1. The normalized spacial score (nSPS) is 17.7. The lowest BCUT2D eigenvalue weighted by molar-refractivity contribution is 0.0507. The standard InChI is InChI=1S/C21H32N4O5.HI/c1-5-22-19(25-10-8-15(13-25)24-20(26)30-21(2,3)4)23-9-11-27-16-6-7-17-18(12-16)29-14-28-17;/h6-7,12,15H,5,8-11,13-14H2,1-4H3,(H,22,23)(H,24,26);1H. The van der Waals surface area contributed by atoms with Crippen LogP contribution in [0.4, 0.5) is 4.79 Å². The zero-order valence-electron chi connectivity index (χ0n) is 18.6. The van der Waals surface area contributed by atoms with E-state index in [2.05, 4.69) is 20.5 Å². The van der Waals surface area contributed by atoms with Gasteiger partial charge in [0.15, 0.2) is 17.5 Å². The van der Waals surface area contributed by atoms with E-state index < -0.39 is 5.60 Å². The predicted molar refractivity (Wildman–Crippen MR) is 129 cm³/mol. The zero-order chi connectivity index (χ0) is 21.6. The summed E-state index contributed by atoms with van der Waals surface area (Å²) in [6, 6.07) is 5.56. The molecule has 3 rings (SSSR count). The molecule has 2 aliphatic rings. The number of nitrogens with one attached hydrogen (secondary N) is 2. The second kappa shape index (κ2) is 11.5. The first kappa shape index (κ1) is 25.2. The molecular formula is C21H33IN4O5. The Morgan fingerprint density at radius 3 is 2.81 bits per heavy atom. The summed E-state index contributed by atoms with van der Waals surface area (Å²) in [5.41, 5.74) is -0.503. The highest BCUT2D eigenvalue weighted by Crippen LogP contribution is 2.35. The molecule has 1 aromatic carbocycles. The average molecular weight is 548 g/mol. The highest BCUT2D eigenvalue weighted by Gasteiger charge is 2.27. The number of likely N-dealkylation sites (tertiary alicyclic amines) is 1. The Morgan fingerprint density at radius 2 is 2.06 bits per heavy atom. The maximum Gasteiger partial charge on any atom is 0.407 e. The number of fused-ring (bicyclic) bond motifs is 1. The molecule has 174 valence electrons. The molecule has 2 heterocycles. The highest BCUT2D eigenvalue weighted by atomic mass is 127. The summed E-state index contributed by atoms with van der Waals surface area (Å²) in [5.74, 6) is 2.98. The van der Waals surface area contributed by atoms with Crippen LogP contribution in [0.2, 0.25) is 0 Å². The molecule has 1 fully saturated rings. The number of amides is 1. The van der Waals surface area contributed by atoms with Gasteiger partial charge in [-0.05, 0) is 46.2 Å². The minimum Gasteiger partial charge on any atom is -0.492 e. The summed E-state index contributed by atoms with van der Waals surface area (Å²) in [4.78, 5) is 18.8. The molecule has 2 aliphatic heterocycles. The van der Waals surface area contributed by atoms with Gasteiger partial charge in [-0.15, -0.1) is 24.0 Å². The second-order valence-electron chi connectivity index (χ2n) is 8.18. The molecule has 0 bridgehead atoms. The molecule has 10 heteroatoms. The number of carbonyl (C=O) groups is 1. The molecule has 1 unspecified atom stereocenters. The Hall–Kier alpha value is -2.11. The summed E-state index contributed by atoms with van der Waals surface area (Å²) in [6.07, 6.45) is 0.464. The third-order valence-corrected chi connectivity index (χ3v) is 4.51. The number of benzene rings is 1. The summed E-state index contributed by atoms with van der Waals surface area (Å²) < 4.78 is 21.8. The Morgan fingerprint density at radius 1 is 1.29 bits per heavy atom. The molecule has 31 heavy (non-hydrogen) atoms. The third-order valence-electron chi connectivity index (χ3n) is 4.51. The third kappa shape index (κ3) is 7.82. The molecule has 9 nitrogen and oxygen atoms in total. The summed E-state index contributed by atoms with van der Waals surface area (Å²) in [6.45, 7) is 11.1. The number of ether oxygens (including phenoxy) is 4. The maximum atomic E-state index is 12.0. The van der Waals surface area contributed by atoms with E-state index in [4.69, 9.17) is 18.9 Å². The molecule has 0 radical (unpaired) electrons. The predicted octanol–water partition coefficient (Wildman–Crippen LogP) is 2.98. The first-order chi connectivity index (χ1) is 14.3. The lowest BCUT2D eigenvalue weighted by Crippen LogP contribution is -2.44. The van der Waals surface area contributed by atoms with Crippen LogP contribution in [-0.2, 0) is 4.74 Å². The molecule has 1 atom stereocenters. The summed E-state index contributed by atoms with van der Waals surface area (Å²) >= 11 is 0. The fourth-order valence-electron chi connectivity index (χ4n) is 3.25. The van der Waals surface area contributed by atoms with Crippen molar-refractivity contribution < 1.29 is 23.7 Å². The minimum absolute atomic E-state index is 0. The fraction of sp³-hybridized carbons (Fsp3) is 0.619. The molecule has 0 aromatic heterocycles. The van der Waals surface area contributed by atoms with E-state index in [1.165, 1.54) is 0 Å². The van der Waals surface area contributed by atoms with Crippen LogP contribution in [0.1, 0.15) is 34.1 Å². The van der Waals surface area contributed by atoms with Gasteiger partial charge in [0, 0.05) is 25.7 Å². The van der Waals surface area contributed by atoms with Crippen molar-refractivity contribution in [2.24, 2.45) is 4.99 Å². The Kier molecular flexibility index (Phi) is 9.32. The fourth-order valence-corrected chi connectivity index (χ4v) is 3.25. The van der Waals surface area contributed by atoms with Crippen LogP contribution in [-0.4, -0.2) is 68.2 Å². The van der Waals surface area contributed by atoms with Gasteiger partial charge in [-0.25, -0.2) is 9.79 Å². The molecule has 1 saturated heterocycles. The molecule has 0 saturated carbocycles. The van der Waals surface area contributed by atoms with Crippen LogP contribution in [0.25, 0.3) is 0 Å². The van der Waals surface area contributed by atoms with Crippen molar-refractivity contribution in [3.05, 3.63) is 18.2 Å². The number of nitrogens with zero attached hydrogens (tertiary/aromatic N) is 2. The van der Waals surface area contributed by atoms with Crippen LogP contribution in [0.15, 0.2) is 23.2 Å². The largest absolute Gasteiger partial charge is 0.492 e. The van der Waals surface area contributed by atoms with Crippen molar-refractivity contribution in [2.45, 2.75) is 45.8 Å². The average Bonchev–Trinajstić information content (AvgIpc) is 3.31. The van der Waals surface area contributed by atoms with Crippen LogP contribution in [0.5, 0.6) is 17.2 Å². The summed E-state index contributed by atoms with van der Waals surface area (Å²) in [5, 5.41) is 6.25. The van der Waals surface area contributed by atoms with Gasteiger partial charge in [0.1, 0.15) is 18.0 Å². The van der Waals surface area contributed by atoms with E-state index in [-0.39, 0.29) is 42.9 Å². The lowest BCUT2D eigenvalue weighted by Gasteiger charge is -2.23. The second-order valence-corrected chi connectivity index (χ2v) is 8.18. The molecule has 1 aromatic rings. The van der Waals surface area contributed by atoms with E-state index in [1.807, 2.05) is 45.9 Å². The van der Waals surface area contributed by atoms with Gasteiger partial charge in [-0.3, -0.25) is 0 Å². The number of aliphatic imine (C=N–C) groups is 1.